The molecule has 10 heavy (non-hydrogen) atoms. The molecule has 0 amide bonds. The average molecular weight is 158 g/mol. The van der Waals surface area contributed by atoms with Crippen LogP contribution in [0, 0.1) is 0 Å². The molecule has 0 heterocycles. The minimum Gasteiger partial charge on any atom is -0.326 e. The van der Waals surface area contributed by atoms with Crippen molar-refractivity contribution in [1.29, 1.82) is 0 Å². The van der Waals surface area contributed by atoms with Crippen molar-refractivity contribution in [3.05, 3.63) is 35.4 Å². The lowest BCUT2D eigenvalue weighted by Gasteiger charge is -1.98. The first-order valence-corrected chi connectivity index (χ1v) is 3.48. The molecule has 0 aromatic rings. The van der Waals surface area contributed by atoms with Gasteiger partial charge in [0, 0.05) is 11.6 Å². The van der Waals surface area contributed by atoms with Gasteiger partial charge in [-0.3, -0.25) is 0 Å². The highest BCUT2D eigenvalue weighted by atomic mass is 35.5. The van der Waals surface area contributed by atoms with E-state index < -0.39 is 0 Å². The zero-order valence-electron chi connectivity index (χ0n) is 6.10. The lowest BCUT2D eigenvalue weighted by Crippen LogP contribution is -2.02. The molecule has 0 bridgehead atoms. The van der Waals surface area contributed by atoms with Gasteiger partial charge in [-0.05, 0) is 18.6 Å². The molecule has 2 N–H and O–H groups in total. The quantitative estimate of drug-likeness (QED) is 0.625. The van der Waals surface area contributed by atoms with Crippen LogP contribution in [0.2, 0.25) is 0 Å². The molecule has 2 heteroatoms. The van der Waals surface area contributed by atoms with Gasteiger partial charge in [-0.15, -0.1) is 0 Å². The maximum Gasteiger partial charge on any atom is 0.0447 e. The van der Waals surface area contributed by atoms with E-state index in [2.05, 4.69) is 6.58 Å². The van der Waals surface area contributed by atoms with Crippen LogP contribution in [0.25, 0.3) is 0 Å². The van der Waals surface area contributed by atoms with Gasteiger partial charge in [-0.2, -0.15) is 0 Å². The van der Waals surface area contributed by atoms with Crippen LogP contribution >= 0.6 is 11.6 Å². The van der Waals surface area contributed by atoms with Crippen molar-refractivity contribution in [3.8, 4) is 0 Å². The second-order valence-corrected chi connectivity index (χ2v) is 2.18. The highest BCUT2D eigenvalue weighted by Gasteiger charge is 1.94. The molecule has 0 radical (unpaired) electrons. The van der Waals surface area contributed by atoms with Crippen molar-refractivity contribution >= 4 is 11.6 Å². The van der Waals surface area contributed by atoms with E-state index in [0.717, 1.165) is 5.57 Å². The van der Waals surface area contributed by atoms with Crippen molar-refractivity contribution in [1.82, 2.24) is 0 Å². The normalized spacial score (nSPS) is 13.5. The van der Waals surface area contributed by atoms with E-state index in [1.165, 1.54) is 0 Å². The van der Waals surface area contributed by atoms with Crippen LogP contribution in [0.1, 0.15) is 6.92 Å². The van der Waals surface area contributed by atoms with Crippen LogP contribution in [0.4, 0.5) is 0 Å². The molecular weight excluding hydrogens is 146 g/mol. The molecule has 0 aliphatic heterocycles. The zero-order valence-corrected chi connectivity index (χ0v) is 6.86. The zero-order chi connectivity index (χ0) is 7.98. The van der Waals surface area contributed by atoms with Gasteiger partial charge in [0.05, 0.1) is 0 Å². The Bertz CT molecular complexity index is 168. The molecule has 56 valence electrons. The van der Waals surface area contributed by atoms with E-state index >= 15 is 0 Å². The summed E-state index contributed by atoms with van der Waals surface area (Å²) in [4.78, 5) is 0. The molecule has 0 aliphatic carbocycles. The standard InChI is InChI=1S/C8H12ClN/c1-3-5-8(9)7(4-2)6-10/h3-5H,1,6,10H2,2H3/b7-4-,8-5+. The molecular formula is C8H12ClN. The van der Waals surface area contributed by atoms with E-state index in [9.17, 15) is 0 Å². The summed E-state index contributed by atoms with van der Waals surface area (Å²) in [6.45, 7) is 5.90. The SMILES string of the molecule is C=C/C=C(Cl)\C(=C/C)CN. The fraction of sp³-hybridized carbons (Fsp3) is 0.250. The summed E-state index contributed by atoms with van der Waals surface area (Å²) < 4.78 is 0. The lowest BCUT2D eigenvalue weighted by molar-refractivity contribution is 1.17. The summed E-state index contributed by atoms with van der Waals surface area (Å²) in [6.07, 6.45) is 5.26. The van der Waals surface area contributed by atoms with Gasteiger partial charge in [-0.25, -0.2) is 0 Å². The molecule has 0 aromatic heterocycles. The first-order valence-electron chi connectivity index (χ1n) is 3.10. The molecule has 0 saturated heterocycles. The van der Waals surface area contributed by atoms with Crippen molar-refractivity contribution in [2.45, 2.75) is 6.92 Å². The maximum atomic E-state index is 5.79. The maximum absolute atomic E-state index is 5.79. The van der Waals surface area contributed by atoms with Gasteiger partial charge in [0.1, 0.15) is 0 Å². The summed E-state index contributed by atoms with van der Waals surface area (Å²) in [6, 6.07) is 0. The number of allylic oxidation sites excluding steroid dienone is 3. The number of halogens is 1. The summed E-state index contributed by atoms with van der Waals surface area (Å²) in [5, 5.41) is 0.667. The Kier molecular flexibility index (Phi) is 4.99. The highest BCUT2D eigenvalue weighted by molar-refractivity contribution is 6.32. The predicted octanol–water partition coefficient (Wildman–Crippen LogP) is 2.20. The van der Waals surface area contributed by atoms with Crippen molar-refractivity contribution in [3.63, 3.8) is 0 Å². The molecule has 0 aliphatic rings. The van der Waals surface area contributed by atoms with E-state index in [0.29, 0.717) is 11.6 Å². The smallest absolute Gasteiger partial charge is 0.0447 e. The first kappa shape index (κ1) is 9.47. The molecule has 0 atom stereocenters. The molecule has 0 unspecified atom stereocenters. The number of nitrogens with two attached hydrogens (primary N) is 1. The van der Waals surface area contributed by atoms with E-state index in [1.54, 1.807) is 12.2 Å². The largest absolute Gasteiger partial charge is 0.326 e. The molecule has 0 rings (SSSR count). The highest BCUT2D eigenvalue weighted by Crippen LogP contribution is 2.12. The lowest BCUT2D eigenvalue weighted by atomic mass is 10.2. The van der Waals surface area contributed by atoms with Crippen LogP contribution in [-0.2, 0) is 0 Å². The fourth-order valence-corrected chi connectivity index (χ4v) is 0.839. The van der Waals surface area contributed by atoms with Crippen LogP contribution in [0.3, 0.4) is 0 Å². The second kappa shape index (κ2) is 5.27. The van der Waals surface area contributed by atoms with E-state index in [1.807, 2.05) is 13.0 Å². The van der Waals surface area contributed by atoms with Gasteiger partial charge in [0.2, 0.25) is 0 Å². The van der Waals surface area contributed by atoms with Gasteiger partial charge in [0.25, 0.3) is 0 Å². The van der Waals surface area contributed by atoms with Crippen molar-refractivity contribution in [2.24, 2.45) is 5.73 Å². The van der Waals surface area contributed by atoms with Gasteiger partial charge >= 0.3 is 0 Å². The monoisotopic (exact) mass is 157 g/mol. The third kappa shape index (κ3) is 2.85. The van der Waals surface area contributed by atoms with E-state index in [4.69, 9.17) is 17.3 Å². The Hall–Kier alpha value is -0.530. The predicted molar refractivity (Wildman–Crippen MR) is 46.9 cm³/mol. The Labute approximate surface area is 66.9 Å². The average Bonchev–Trinajstić information content (AvgIpc) is 1.91. The Morgan fingerprint density at radius 1 is 1.70 bits per heavy atom. The van der Waals surface area contributed by atoms with Crippen LogP contribution < -0.4 is 5.73 Å². The number of hydrogen-bond acceptors (Lipinski definition) is 1. The Morgan fingerprint density at radius 3 is 2.60 bits per heavy atom. The Balaban J connectivity index is 4.30. The summed E-state index contributed by atoms with van der Waals surface area (Å²) in [5.41, 5.74) is 6.33. The molecule has 0 aromatic carbocycles. The number of rotatable bonds is 3. The number of hydrogen-bond donors (Lipinski definition) is 1. The van der Waals surface area contributed by atoms with Gasteiger partial charge in [0.15, 0.2) is 0 Å². The third-order valence-electron chi connectivity index (χ3n) is 1.14. The molecule has 1 nitrogen and oxygen atoms in total. The van der Waals surface area contributed by atoms with E-state index in [-0.39, 0.29) is 0 Å². The topological polar surface area (TPSA) is 26.0 Å². The summed E-state index contributed by atoms with van der Waals surface area (Å²) in [5.74, 6) is 0. The Morgan fingerprint density at radius 2 is 2.30 bits per heavy atom. The minimum absolute atomic E-state index is 0.472. The van der Waals surface area contributed by atoms with Gasteiger partial charge < -0.3 is 5.73 Å². The first-order chi connectivity index (χ1) is 4.76. The third-order valence-corrected chi connectivity index (χ3v) is 1.51. The summed E-state index contributed by atoms with van der Waals surface area (Å²) in [7, 11) is 0. The molecule has 0 saturated carbocycles. The fourth-order valence-electron chi connectivity index (χ4n) is 0.564. The molecule has 0 fully saturated rings. The van der Waals surface area contributed by atoms with Crippen molar-refractivity contribution in [2.75, 3.05) is 6.54 Å². The van der Waals surface area contributed by atoms with Crippen molar-refractivity contribution < 1.29 is 0 Å². The van der Waals surface area contributed by atoms with Crippen LogP contribution in [0.15, 0.2) is 35.4 Å². The van der Waals surface area contributed by atoms with Gasteiger partial charge in [-0.1, -0.05) is 30.3 Å². The van der Waals surface area contributed by atoms with Crippen LogP contribution in [-0.4, -0.2) is 6.54 Å². The van der Waals surface area contributed by atoms with Crippen LogP contribution in [0.5, 0.6) is 0 Å². The molecule has 0 spiro atoms. The summed E-state index contributed by atoms with van der Waals surface area (Å²) >= 11 is 5.79. The minimum atomic E-state index is 0.472. The second-order valence-electron chi connectivity index (χ2n) is 1.77.